The maximum atomic E-state index is 12.6. The van der Waals surface area contributed by atoms with E-state index >= 15 is 0 Å². The molecule has 0 bridgehead atoms. The van der Waals surface area contributed by atoms with Crippen LogP contribution in [0.25, 0.3) is 0 Å². The first-order valence-electron chi connectivity index (χ1n) is 6.71. The Kier molecular flexibility index (Phi) is 6.73. The van der Waals surface area contributed by atoms with Gasteiger partial charge in [0, 0.05) is 0 Å². The van der Waals surface area contributed by atoms with Crippen molar-refractivity contribution in [1.82, 2.24) is 0 Å². The molecule has 0 spiro atoms. The van der Waals surface area contributed by atoms with Crippen molar-refractivity contribution in [2.45, 2.75) is 33.0 Å². The first-order chi connectivity index (χ1) is 9.03. The Hall–Kier alpha value is -0.670. The van der Waals surface area contributed by atoms with E-state index in [4.69, 9.17) is 14.8 Å². The van der Waals surface area contributed by atoms with Crippen LogP contribution in [0.1, 0.15) is 26.3 Å². The summed E-state index contributed by atoms with van der Waals surface area (Å²) in [5.74, 6) is -0.584. The molecule has 0 fully saturated rings. The minimum Gasteiger partial charge on any atom is -0.317 e. The van der Waals surface area contributed by atoms with Gasteiger partial charge in [-0.05, 0) is 31.7 Å². The highest BCUT2D eigenvalue weighted by Gasteiger charge is 2.36. The van der Waals surface area contributed by atoms with Crippen molar-refractivity contribution >= 4 is 7.60 Å². The summed E-state index contributed by atoms with van der Waals surface area (Å²) in [4.78, 5) is 0. The fraction of sp³-hybridized carbons (Fsp3) is 0.571. The van der Waals surface area contributed by atoms with E-state index in [1.807, 2.05) is 37.3 Å². The van der Waals surface area contributed by atoms with E-state index < -0.39 is 13.4 Å². The van der Waals surface area contributed by atoms with Crippen LogP contribution in [0.15, 0.2) is 30.3 Å². The summed E-state index contributed by atoms with van der Waals surface area (Å²) < 4.78 is 23.2. The molecule has 0 heterocycles. The lowest BCUT2D eigenvalue weighted by Gasteiger charge is -2.27. The molecular formula is C14H24NO3P. The van der Waals surface area contributed by atoms with Crippen molar-refractivity contribution < 1.29 is 13.6 Å². The predicted molar refractivity (Wildman–Crippen MR) is 78.1 cm³/mol. The molecule has 4 nitrogen and oxygen atoms in total. The molecule has 0 aromatic heterocycles. The highest BCUT2D eigenvalue weighted by atomic mass is 31.2. The zero-order valence-corrected chi connectivity index (χ0v) is 12.8. The van der Waals surface area contributed by atoms with Crippen molar-refractivity contribution in [2.24, 2.45) is 11.7 Å². The first kappa shape index (κ1) is 16.4. The second-order valence-corrected chi connectivity index (χ2v) is 6.73. The van der Waals surface area contributed by atoms with Gasteiger partial charge in [0.05, 0.1) is 13.2 Å². The van der Waals surface area contributed by atoms with E-state index in [9.17, 15) is 4.57 Å². The Morgan fingerprint density at radius 3 is 2.16 bits per heavy atom. The van der Waals surface area contributed by atoms with Crippen molar-refractivity contribution in [3.63, 3.8) is 0 Å². The molecule has 5 heteroatoms. The van der Waals surface area contributed by atoms with Gasteiger partial charge in [-0.3, -0.25) is 4.57 Å². The minimum atomic E-state index is -3.23. The Morgan fingerprint density at radius 2 is 1.68 bits per heavy atom. The maximum Gasteiger partial charge on any atom is 0.347 e. The molecule has 0 aliphatic rings. The van der Waals surface area contributed by atoms with E-state index in [1.165, 1.54) is 5.56 Å². The zero-order valence-electron chi connectivity index (χ0n) is 11.9. The molecule has 0 aliphatic carbocycles. The van der Waals surface area contributed by atoms with Crippen LogP contribution in [-0.4, -0.2) is 19.0 Å². The highest BCUT2D eigenvalue weighted by Crippen LogP contribution is 2.53. The van der Waals surface area contributed by atoms with Gasteiger partial charge in [0.1, 0.15) is 5.78 Å². The Morgan fingerprint density at radius 1 is 1.16 bits per heavy atom. The second kappa shape index (κ2) is 7.81. The van der Waals surface area contributed by atoms with Crippen LogP contribution < -0.4 is 5.73 Å². The highest BCUT2D eigenvalue weighted by molar-refractivity contribution is 7.54. The first-order valence-corrected chi connectivity index (χ1v) is 8.33. The molecule has 0 aliphatic heterocycles. The normalized spacial score (nSPS) is 15.2. The lowest BCUT2D eigenvalue weighted by molar-refractivity contribution is 0.205. The number of rotatable bonds is 8. The molecule has 0 radical (unpaired) electrons. The maximum absolute atomic E-state index is 12.6. The van der Waals surface area contributed by atoms with Crippen LogP contribution in [0.2, 0.25) is 0 Å². The Bertz CT molecular complexity index is 400. The molecule has 2 atom stereocenters. The Labute approximate surface area is 115 Å². The zero-order chi connectivity index (χ0) is 14.3. The molecule has 1 aromatic rings. The smallest absolute Gasteiger partial charge is 0.317 e. The van der Waals surface area contributed by atoms with Crippen LogP contribution in [0, 0.1) is 5.92 Å². The fourth-order valence-corrected chi connectivity index (χ4v) is 3.85. The van der Waals surface area contributed by atoms with Crippen LogP contribution >= 0.6 is 7.60 Å². The Balaban J connectivity index is 2.73. The van der Waals surface area contributed by atoms with Crippen LogP contribution in [0.5, 0.6) is 0 Å². The van der Waals surface area contributed by atoms with Crippen molar-refractivity contribution in [3.8, 4) is 0 Å². The lowest BCUT2D eigenvalue weighted by Crippen LogP contribution is -2.31. The summed E-state index contributed by atoms with van der Waals surface area (Å²) in [5, 5.41) is 0. The number of hydrogen-bond acceptors (Lipinski definition) is 4. The second-order valence-electron chi connectivity index (χ2n) is 4.53. The van der Waals surface area contributed by atoms with Gasteiger partial charge in [-0.15, -0.1) is 0 Å². The average Bonchev–Trinajstić information content (AvgIpc) is 2.39. The van der Waals surface area contributed by atoms with Gasteiger partial charge in [0.15, 0.2) is 0 Å². The molecule has 1 aromatic carbocycles. The molecule has 2 N–H and O–H groups in total. The van der Waals surface area contributed by atoms with Gasteiger partial charge >= 0.3 is 7.60 Å². The van der Waals surface area contributed by atoms with Gasteiger partial charge < -0.3 is 14.8 Å². The van der Waals surface area contributed by atoms with Gasteiger partial charge in [-0.2, -0.15) is 0 Å². The molecule has 108 valence electrons. The standard InChI is InChI=1S/C14H24NO3P/c1-4-17-19(16,18-5-2)14(15)12(3)11-13-9-7-6-8-10-13/h6-10,12,14H,4-5,11,15H2,1-3H3/t12-,14+/m1/s1. The fourth-order valence-electron chi connectivity index (χ4n) is 1.99. The summed E-state index contributed by atoms with van der Waals surface area (Å²) in [5.41, 5.74) is 7.27. The molecule has 1 rings (SSSR count). The van der Waals surface area contributed by atoms with Crippen LogP contribution in [0.3, 0.4) is 0 Å². The summed E-state index contributed by atoms with van der Waals surface area (Å²) >= 11 is 0. The molecule has 0 saturated carbocycles. The SMILES string of the molecule is CCOP(=O)(OCC)[C@H](N)[C@H](C)Cc1ccccc1. The number of hydrogen-bond donors (Lipinski definition) is 1. The molecule has 0 amide bonds. The van der Waals surface area contributed by atoms with Crippen LogP contribution in [0.4, 0.5) is 0 Å². The monoisotopic (exact) mass is 285 g/mol. The molecule has 19 heavy (non-hydrogen) atoms. The van der Waals surface area contributed by atoms with Gasteiger partial charge in [-0.1, -0.05) is 37.3 Å². The predicted octanol–water partition coefficient (Wildman–Crippen LogP) is 3.42. The molecule has 0 saturated heterocycles. The minimum absolute atomic E-state index is 0.0198. The van der Waals surface area contributed by atoms with Crippen molar-refractivity contribution in [1.29, 1.82) is 0 Å². The van der Waals surface area contributed by atoms with Crippen molar-refractivity contribution in [3.05, 3.63) is 35.9 Å². The number of nitrogens with two attached hydrogens (primary N) is 1. The molecular weight excluding hydrogens is 261 g/mol. The van der Waals surface area contributed by atoms with Gasteiger partial charge in [-0.25, -0.2) is 0 Å². The summed E-state index contributed by atoms with van der Waals surface area (Å²) in [7, 11) is -3.23. The van der Waals surface area contributed by atoms with E-state index in [0.29, 0.717) is 13.2 Å². The largest absolute Gasteiger partial charge is 0.347 e. The van der Waals surface area contributed by atoms with Crippen LogP contribution in [-0.2, 0) is 20.0 Å². The third-order valence-electron chi connectivity index (χ3n) is 2.97. The third-order valence-corrected chi connectivity index (χ3v) is 5.44. The van der Waals surface area contributed by atoms with Crippen molar-refractivity contribution in [2.75, 3.05) is 13.2 Å². The topological polar surface area (TPSA) is 61.5 Å². The van der Waals surface area contributed by atoms with Gasteiger partial charge in [0.25, 0.3) is 0 Å². The summed E-state index contributed by atoms with van der Waals surface area (Å²) in [6.45, 7) is 6.23. The lowest BCUT2D eigenvalue weighted by atomic mass is 10.0. The van der Waals surface area contributed by atoms with E-state index in [2.05, 4.69) is 0 Å². The summed E-state index contributed by atoms with van der Waals surface area (Å²) in [6.07, 6.45) is 0.756. The van der Waals surface area contributed by atoms with Gasteiger partial charge in [0.2, 0.25) is 0 Å². The van der Waals surface area contributed by atoms with E-state index in [0.717, 1.165) is 6.42 Å². The quantitative estimate of drug-likeness (QED) is 0.743. The average molecular weight is 285 g/mol. The number of benzene rings is 1. The molecule has 0 unspecified atom stereocenters. The summed E-state index contributed by atoms with van der Waals surface area (Å²) in [6, 6.07) is 10.0. The third kappa shape index (κ3) is 4.73. The van der Waals surface area contributed by atoms with E-state index in [1.54, 1.807) is 13.8 Å². The van der Waals surface area contributed by atoms with E-state index in [-0.39, 0.29) is 5.92 Å².